The van der Waals surface area contributed by atoms with Crippen molar-refractivity contribution in [3.8, 4) is 0 Å². The summed E-state index contributed by atoms with van der Waals surface area (Å²) in [6.45, 7) is 3.50. The number of carbonyl (C=O) groups excluding carboxylic acids is 2. The van der Waals surface area contributed by atoms with E-state index >= 15 is 0 Å². The molecular weight excluding hydrogens is 408 g/mol. The standard InChI is InChI=1S/C29H28N2O2/c1-19(30)22-13-10-21(11-14-22)12-17-28(32)20(2)31-29(33)25-16-15-24(18-25)27-9-5-7-23-6-3-4-8-26(23)27/h3-11,13-15,18,20,30H,12,16-17H2,1-2H3,(H,31,33)/t20-/m0/s1. The van der Waals surface area contributed by atoms with Crippen molar-refractivity contribution in [3.63, 3.8) is 0 Å². The predicted molar refractivity (Wildman–Crippen MR) is 135 cm³/mol. The number of allylic oxidation sites excluding steroid dienone is 3. The van der Waals surface area contributed by atoms with Gasteiger partial charge in [-0.2, -0.15) is 0 Å². The van der Waals surface area contributed by atoms with Crippen LogP contribution in [0.15, 0.2) is 84.5 Å². The normalized spacial score (nSPS) is 13.9. The monoisotopic (exact) mass is 436 g/mol. The van der Waals surface area contributed by atoms with Crippen LogP contribution in [0.5, 0.6) is 0 Å². The van der Waals surface area contributed by atoms with Crippen LogP contribution in [0.2, 0.25) is 0 Å². The van der Waals surface area contributed by atoms with Gasteiger partial charge < -0.3 is 10.7 Å². The fourth-order valence-corrected chi connectivity index (χ4v) is 4.12. The highest BCUT2D eigenvalue weighted by Crippen LogP contribution is 2.31. The number of rotatable bonds is 8. The van der Waals surface area contributed by atoms with Gasteiger partial charge in [0.15, 0.2) is 5.78 Å². The molecule has 1 amide bonds. The van der Waals surface area contributed by atoms with Crippen LogP contribution < -0.4 is 5.32 Å². The minimum atomic E-state index is -0.539. The summed E-state index contributed by atoms with van der Waals surface area (Å²) >= 11 is 0. The Hall–Kier alpha value is -3.79. The molecule has 0 bridgehead atoms. The molecule has 0 unspecified atom stereocenters. The Morgan fingerprint density at radius 3 is 2.48 bits per heavy atom. The molecule has 0 heterocycles. The summed E-state index contributed by atoms with van der Waals surface area (Å²) in [6, 6.07) is 21.6. The molecule has 2 N–H and O–H groups in total. The molecule has 1 aliphatic carbocycles. The third-order valence-corrected chi connectivity index (χ3v) is 6.14. The minimum Gasteiger partial charge on any atom is -0.343 e. The second-order valence-corrected chi connectivity index (χ2v) is 8.54. The number of nitrogens with one attached hydrogen (secondary N) is 2. The van der Waals surface area contributed by atoms with Crippen molar-refractivity contribution < 1.29 is 9.59 Å². The maximum Gasteiger partial charge on any atom is 0.248 e. The summed E-state index contributed by atoms with van der Waals surface area (Å²) in [6.07, 6.45) is 5.54. The number of hydrogen-bond acceptors (Lipinski definition) is 3. The Morgan fingerprint density at radius 1 is 1.00 bits per heavy atom. The summed E-state index contributed by atoms with van der Waals surface area (Å²) in [5.41, 5.74) is 5.29. The number of hydrogen-bond donors (Lipinski definition) is 2. The van der Waals surface area contributed by atoms with Gasteiger partial charge in [-0.15, -0.1) is 0 Å². The van der Waals surface area contributed by atoms with Gasteiger partial charge in [0.1, 0.15) is 0 Å². The Bertz CT molecular complexity index is 1280. The van der Waals surface area contributed by atoms with Crippen LogP contribution in [0.4, 0.5) is 0 Å². The SMILES string of the molecule is CC(=N)c1ccc(CCC(=O)[C@H](C)NC(=O)C2=CC(c3cccc4ccccc34)=CC2)cc1. The van der Waals surface area contributed by atoms with Gasteiger partial charge in [-0.25, -0.2) is 0 Å². The molecule has 1 aliphatic rings. The topological polar surface area (TPSA) is 70.0 Å². The van der Waals surface area contributed by atoms with Gasteiger partial charge in [-0.05, 0) is 65.8 Å². The third kappa shape index (κ3) is 5.17. The molecule has 0 radical (unpaired) electrons. The number of benzene rings is 3. The first kappa shape index (κ1) is 22.4. The highest BCUT2D eigenvalue weighted by molar-refractivity contribution is 6.04. The largest absolute Gasteiger partial charge is 0.343 e. The van der Waals surface area contributed by atoms with E-state index in [4.69, 9.17) is 5.41 Å². The van der Waals surface area contributed by atoms with E-state index in [0.29, 0.717) is 30.5 Å². The average Bonchev–Trinajstić information content (AvgIpc) is 3.32. The van der Waals surface area contributed by atoms with Crippen molar-refractivity contribution in [2.24, 2.45) is 0 Å². The van der Waals surface area contributed by atoms with Crippen molar-refractivity contribution in [1.29, 1.82) is 5.41 Å². The molecule has 33 heavy (non-hydrogen) atoms. The minimum absolute atomic E-state index is 0.0106. The third-order valence-electron chi connectivity index (χ3n) is 6.14. The molecule has 1 atom stereocenters. The van der Waals surface area contributed by atoms with Crippen molar-refractivity contribution in [2.75, 3.05) is 0 Å². The Labute approximate surface area is 194 Å². The molecule has 4 heteroatoms. The predicted octanol–water partition coefficient (Wildman–Crippen LogP) is 5.65. The lowest BCUT2D eigenvalue weighted by atomic mass is 9.99. The van der Waals surface area contributed by atoms with Crippen molar-refractivity contribution >= 4 is 33.7 Å². The van der Waals surface area contributed by atoms with Crippen molar-refractivity contribution in [3.05, 3.63) is 101 Å². The maximum atomic E-state index is 12.8. The molecule has 0 aliphatic heterocycles. The van der Waals surface area contributed by atoms with E-state index in [1.807, 2.05) is 48.5 Å². The molecule has 3 aromatic rings. The molecule has 0 spiro atoms. The lowest BCUT2D eigenvalue weighted by Gasteiger charge is -2.13. The number of carbonyl (C=O) groups is 2. The number of amides is 1. The molecule has 3 aromatic carbocycles. The molecule has 0 aromatic heterocycles. The fraction of sp³-hybridized carbons (Fsp3) is 0.207. The molecule has 0 saturated heterocycles. The van der Waals surface area contributed by atoms with E-state index < -0.39 is 6.04 Å². The first-order chi connectivity index (χ1) is 15.9. The summed E-state index contributed by atoms with van der Waals surface area (Å²) in [7, 11) is 0. The first-order valence-electron chi connectivity index (χ1n) is 11.3. The van der Waals surface area contributed by atoms with E-state index in [9.17, 15) is 9.59 Å². The first-order valence-corrected chi connectivity index (χ1v) is 11.3. The summed E-state index contributed by atoms with van der Waals surface area (Å²) in [4.78, 5) is 25.4. The van der Waals surface area contributed by atoms with E-state index in [1.165, 1.54) is 5.39 Å². The van der Waals surface area contributed by atoms with Gasteiger partial charge in [-0.1, -0.05) is 72.8 Å². The zero-order valence-corrected chi connectivity index (χ0v) is 19.0. The van der Waals surface area contributed by atoms with Gasteiger partial charge in [0, 0.05) is 17.7 Å². The van der Waals surface area contributed by atoms with Gasteiger partial charge in [0.2, 0.25) is 5.91 Å². The van der Waals surface area contributed by atoms with Gasteiger partial charge in [-0.3, -0.25) is 9.59 Å². The lowest BCUT2D eigenvalue weighted by Crippen LogP contribution is -2.39. The van der Waals surface area contributed by atoms with E-state index in [1.54, 1.807) is 13.8 Å². The van der Waals surface area contributed by atoms with Gasteiger partial charge in [0.05, 0.1) is 6.04 Å². The Balaban J connectivity index is 1.35. The highest BCUT2D eigenvalue weighted by Gasteiger charge is 2.20. The summed E-state index contributed by atoms with van der Waals surface area (Å²) in [5.74, 6) is -0.176. The molecule has 0 fully saturated rings. The Kier molecular flexibility index (Phi) is 6.64. The zero-order valence-electron chi connectivity index (χ0n) is 19.0. The van der Waals surface area contributed by atoms with E-state index in [0.717, 1.165) is 27.6 Å². The number of Topliss-reactive ketones (excluding diaryl/α,β-unsaturated/α-hetero) is 1. The van der Waals surface area contributed by atoms with Crippen molar-refractivity contribution in [2.45, 2.75) is 39.2 Å². The fourth-order valence-electron chi connectivity index (χ4n) is 4.12. The van der Waals surface area contributed by atoms with Crippen LogP contribution in [0.25, 0.3) is 16.3 Å². The highest BCUT2D eigenvalue weighted by atomic mass is 16.2. The molecular formula is C29H28N2O2. The lowest BCUT2D eigenvalue weighted by molar-refractivity contribution is -0.125. The van der Waals surface area contributed by atoms with Crippen molar-refractivity contribution in [1.82, 2.24) is 5.32 Å². The summed E-state index contributed by atoms with van der Waals surface area (Å²) < 4.78 is 0. The molecule has 4 nitrogen and oxygen atoms in total. The van der Waals surface area contributed by atoms with Crippen LogP contribution >= 0.6 is 0 Å². The second-order valence-electron chi connectivity index (χ2n) is 8.54. The van der Waals surface area contributed by atoms with Crippen LogP contribution in [0, 0.1) is 5.41 Å². The van der Waals surface area contributed by atoms with Crippen LogP contribution in [0.3, 0.4) is 0 Å². The molecule has 4 rings (SSSR count). The quantitative estimate of drug-likeness (QED) is 0.448. The van der Waals surface area contributed by atoms with E-state index in [-0.39, 0.29) is 11.7 Å². The van der Waals surface area contributed by atoms with Gasteiger partial charge >= 0.3 is 0 Å². The average molecular weight is 437 g/mol. The zero-order chi connectivity index (χ0) is 23.4. The smallest absolute Gasteiger partial charge is 0.248 e. The van der Waals surface area contributed by atoms with E-state index in [2.05, 4.69) is 35.7 Å². The maximum absolute atomic E-state index is 12.8. The van der Waals surface area contributed by atoms with Crippen LogP contribution in [0.1, 0.15) is 43.4 Å². The number of ketones is 1. The van der Waals surface area contributed by atoms with Crippen LogP contribution in [-0.4, -0.2) is 23.4 Å². The Morgan fingerprint density at radius 2 is 1.73 bits per heavy atom. The second kappa shape index (κ2) is 9.78. The summed E-state index contributed by atoms with van der Waals surface area (Å²) in [5, 5.41) is 12.9. The van der Waals surface area contributed by atoms with Crippen LogP contribution in [-0.2, 0) is 16.0 Å². The van der Waals surface area contributed by atoms with Gasteiger partial charge in [0.25, 0.3) is 0 Å². The number of aryl methyl sites for hydroxylation is 1. The number of fused-ring (bicyclic) bond motifs is 1. The molecule has 0 saturated carbocycles. The molecule has 166 valence electrons.